The molecule has 0 unspecified atom stereocenters. The van der Waals surface area contributed by atoms with Crippen molar-refractivity contribution in [3.05, 3.63) is 70.8 Å². The molecule has 9 nitrogen and oxygen atoms in total. The minimum absolute atomic E-state index is 0.213. The summed E-state index contributed by atoms with van der Waals surface area (Å²) in [5.41, 5.74) is 5.07. The van der Waals surface area contributed by atoms with Crippen LogP contribution in [0.5, 0.6) is 0 Å². The third-order valence-electron chi connectivity index (χ3n) is 6.63. The molecule has 0 saturated carbocycles. The zero-order valence-electron chi connectivity index (χ0n) is 20.0. The number of aryl methyl sites for hydroxylation is 2. The van der Waals surface area contributed by atoms with Crippen LogP contribution in [0.3, 0.4) is 0 Å². The number of fused-ring (bicyclic) bond motifs is 1. The molecule has 0 atom stereocenters. The molecule has 0 aliphatic carbocycles. The maximum atomic E-state index is 12.9. The van der Waals surface area contributed by atoms with Crippen molar-refractivity contribution in [1.82, 2.24) is 39.4 Å². The molecule has 1 aliphatic heterocycles. The molecule has 176 valence electrons. The zero-order chi connectivity index (χ0) is 23.7. The van der Waals surface area contributed by atoms with Crippen molar-refractivity contribution in [2.24, 2.45) is 0 Å². The van der Waals surface area contributed by atoms with Crippen LogP contribution in [0.2, 0.25) is 0 Å². The molecule has 5 rings (SSSR count). The zero-order valence-corrected chi connectivity index (χ0v) is 20.0. The van der Waals surface area contributed by atoms with E-state index in [-0.39, 0.29) is 5.91 Å². The van der Waals surface area contributed by atoms with Gasteiger partial charge >= 0.3 is 0 Å². The van der Waals surface area contributed by atoms with Crippen molar-refractivity contribution in [2.45, 2.75) is 40.2 Å². The Balaban J connectivity index is 1.20. The van der Waals surface area contributed by atoms with Gasteiger partial charge in [0.2, 0.25) is 5.91 Å². The van der Waals surface area contributed by atoms with Gasteiger partial charge in [-0.1, -0.05) is 30.3 Å². The summed E-state index contributed by atoms with van der Waals surface area (Å²) in [6, 6.07) is 14.3. The van der Waals surface area contributed by atoms with E-state index < -0.39 is 0 Å². The first-order valence-electron chi connectivity index (χ1n) is 11.8. The molecule has 1 aliphatic rings. The SMILES string of the molecule is Cc1nn(-c2ccc3nnc(C)n3n2)c(C)c1CCC(=O)N1CCN(Cc2ccccc2)CC1. The lowest BCUT2D eigenvalue weighted by molar-refractivity contribution is -0.133. The van der Waals surface area contributed by atoms with Gasteiger partial charge in [0.25, 0.3) is 0 Å². The van der Waals surface area contributed by atoms with E-state index in [9.17, 15) is 4.79 Å². The first kappa shape index (κ1) is 22.2. The number of rotatable bonds is 6. The first-order valence-corrected chi connectivity index (χ1v) is 11.8. The lowest BCUT2D eigenvalue weighted by Gasteiger charge is -2.34. The van der Waals surface area contributed by atoms with Gasteiger partial charge in [-0.05, 0) is 50.5 Å². The molecule has 3 aromatic heterocycles. The van der Waals surface area contributed by atoms with Gasteiger partial charge in [-0.2, -0.15) is 9.61 Å². The standard InChI is InChI=1S/C25H30N8O/c1-18-22(19(2)32(28-18)24-11-10-23-27-26-20(3)33(23)29-24)9-12-25(34)31-15-13-30(14-16-31)17-21-7-5-4-6-8-21/h4-8,10-11H,9,12-17H2,1-3H3. The van der Waals surface area contributed by atoms with Crippen molar-refractivity contribution >= 4 is 11.6 Å². The second-order valence-corrected chi connectivity index (χ2v) is 8.91. The Labute approximate surface area is 199 Å². The van der Waals surface area contributed by atoms with Gasteiger partial charge < -0.3 is 4.90 Å². The van der Waals surface area contributed by atoms with Gasteiger partial charge in [0.1, 0.15) is 0 Å². The summed E-state index contributed by atoms with van der Waals surface area (Å²) in [4.78, 5) is 17.4. The summed E-state index contributed by atoms with van der Waals surface area (Å²) in [5.74, 6) is 1.65. The summed E-state index contributed by atoms with van der Waals surface area (Å²) in [5, 5.41) is 17.5. The number of amides is 1. The van der Waals surface area contributed by atoms with E-state index >= 15 is 0 Å². The van der Waals surface area contributed by atoms with Gasteiger partial charge in [0.05, 0.1) is 5.69 Å². The van der Waals surface area contributed by atoms with Crippen LogP contribution in [0.4, 0.5) is 0 Å². The number of nitrogens with zero attached hydrogens (tertiary/aromatic N) is 8. The Bertz CT molecular complexity index is 1300. The fraction of sp³-hybridized carbons (Fsp3) is 0.400. The molecule has 9 heteroatoms. The molecule has 1 aromatic carbocycles. The summed E-state index contributed by atoms with van der Waals surface area (Å²) in [6.07, 6.45) is 1.16. The number of aromatic nitrogens is 6. The van der Waals surface area contributed by atoms with Crippen molar-refractivity contribution < 1.29 is 4.79 Å². The van der Waals surface area contributed by atoms with Gasteiger partial charge in [0, 0.05) is 44.8 Å². The van der Waals surface area contributed by atoms with Crippen molar-refractivity contribution in [3.8, 4) is 5.82 Å². The number of benzene rings is 1. The highest BCUT2D eigenvalue weighted by Crippen LogP contribution is 2.20. The monoisotopic (exact) mass is 458 g/mol. The van der Waals surface area contributed by atoms with Crippen LogP contribution >= 0.6 is 0 Å². The van der Waals surface area contributed by atoms with Crippen molar-refractivity contribution in [3.63, 3.8) is 0 Å². The topological polar surface area (TPSA) is 84.4 Å². The molecule has 4 aromatic rings. The van der Waals surface area contributed by atoms with E-state index in [4.69, 9.17) is 5.10 Å². The molecular weight excluding hydrogens is 428 g/mol. The molecule has 0 spiro atoms. The van der Waals surface area contributed by atoms with Crippen LogP contribution < -0.4 is 0 Å². The summed E-state index contributed by atoms with van der Waals surface area (Å²) in [7, 11) is 0. The van der Waals surface area contributed by atoms with Gasteiger partial charge in [-0.15, -0.1) is 15.3 Å². The highest BCUT2D eigenvalue weighted by atomic mass is 16.2. The molecule has 34 heavy (non-hydrogen) atoms. The highest BCUT2D eigenvalue weighted by Gasteiger charge is 2.22. The Hall–Kier alpha value is -3.59. The molecular formula is C25H30N8O. The van der Waals surface area contributed by atoms with Crippen LogP contribution in [-0.4, -0.2) is 71.5 Å². The highest BCUT2D eigenvalue weighted by molar-refractivity contribution is 5.76. The van der Waals surface area contributed by atoms with Crippen molar-refractivity contribution in [1.29, 1.82) is 0 Å². The minimum atomic E-state index is 0.213. The third kappa shape index (κ3) is 4.43. The van der Waals surface area contributed by atoms with Crippen LogP contribution in [0, 0.1) is 20.8 Å². The lowest BCUT2D eigenvalue weighted by atomic mass is 10.1. The molecule has 1 saturated heterocycles. The Kier molecular flexibility index (Phi) is 6.10. The molecule has 1 amide bonds. The van der Waals surface area contributed by atoms with E-state index in [0.29, 0.717) is 24.3 Å². The largest absolute Gasteiger partial charge is 0.340 e. The van der Waals surface area contributed by atoms with Gasteiger partial charge in [-0.25, -0.2) is 4.68 Å². The maximum absolute atomic E-state index is 12.9. The van der Waals surface area contributed by atoms with E-state index in [0.717, 1.165) is 55.5 Å². The normalized spacial score (nSPS) is 14.7. The van der Waals surface area contributed by atoms with Gasteiger partial charge in [-0.3, -0.25) is 9.69 Å². The van der Waals surface area contributed by atoms with E-state index in [1.807, 2.05) is 48.6 Å². The molecule has 0 bridgehead atoms. The predicted molar refractivity (Wildman–Crippen MR) is 129 cm³/mol. The Morgan fingerprint density at radius 2 is 1.68 bits per heavy atom. The second-order valence-electron chi connectivity index (χ2n) is 8.91. The lowest BCUT2D eigenvalue weighted by Crippen LogP contribution is -2.48. The number of hydrogen-bond donors (Lipinski definition) is 0. The van der Waals surface area contributed by atoms with E-state index in [1.54, 1.807) is 4.52 Å². The average molecular weight is 459 g/mol. The predicted octanol–water partition coefficient (Wildman–Crippen LogP) is 2.51. The number of carbonyl (C=O) groups excluding carboxylic acids is 1. The smallest absolute Gasteiger partial charge is 0.222 e. The minimum Gasteiger partial charge on any atom is -0.340 e. The molecule has 4 heterocycles. The van der Waals surface area contributed by atoms with Crippen LogP contribution in [0.15, 0.2) is 42.5 Å². The van der Waals surface area contributed by atoms with Crippen LogP contribution in [-0.2, 0) is 17.8 Å². The fourth-order valence-corrected chi connectivity index (χ4v) is 4.65. The molecule has 0 N–H and O–H groups in total. The van der Waals surface area contributed by atoms with Gasteiger partial charge in [0.15, 0.2) is 17.3 Å². The van der Waals surface area contributed by atoms with E-state index in [2.05, 4.69) is 44.5 Å². The maximum Gasteiger partial charge on any atom is 0.222 e. The van der Waals surface area contributed by atoms with E-state index in [1.165, 1.54) is 5.56 Å². The van der Waals surface area contributed by atoms with Crippen LogP contribution in [0.25, 0.3) is 11.5 Å². The summed E-state index contributed by atoms with van der Waals surface area (Å²) >= 11 is 0. The number of carbonyl (C=O) groups is 1. The summed E-state index contributed by atoms with van der Waals surface area (Å²) < 4.78 is 3.56. The quantitative estimate of drug-likeness (QED) is 0.441. The first-order chi connectivity index (χ1) is 16.5. The fourth-order valence-electron chi connectivity index (χ4n) is 4.65. The summed E-state index contributed by atoms with van der Waals surface area (Å²) in [6.45, 7) is 10.2. The Morgan fingerprint density at radius 1 is 0.912 bits per heavy atom. The average Bonchev–Trinajstić information content (AvgIpc) is 3.37. The van der Waals surface area contributed by atoms with Crippen LogP contribution in [0.1, 0.15) is 34.8 Å². The second kappa shape index (κ2) is 9.34. The number of piperazine rings is 1. The van der Waals surface area contributed by atoms with Crippen molar-refractivity contribution in [2.75, 3.05) is 26.2 Å². The number of hydrogen-bond acceptors (Lipinski definition) is 6. The molecule has 1 fully saturated rings. The Morgan fingerprint density at radius 3 is 2.44 bits per heavy atom. The third-order valence-corrected chi connectivity index (χ3v) is 6.63. The molecule has 0 radical (unpaired) electrons.